The number of nitro groups is 1. The van der Waals surface area contributed by atoms with Crippen molar-refractivity contribution < 1.29 is 24.1 Å². The Bertz CT molecular complexity index is 1470. The second kappa shape index (κ2) is 10.7. The van der Waals surface area contributed by atoms with Crippen molar-refractivity contribution in [3.05, 3.63) is 104 Å². The second-order valence-corrected chi connectivity index (χ2v) is 11.1. The van der Waals surface area contributed by atoms with Gasteiger partial charge in [0.1, 0.15) is 6.54 Å². The second-order valence-electron chi connectivity index (χ2n) is 7.52. The molecule has 37 heavy (non-hydrogen) atoms. The zero-order valence-corrected chi connectivity index (χ0v) is 25.1. The molecule has 14 heteroatoms. The van der Waals surface area contributed by atoms with E-state index in [1.54, 1.807) is 0 Å². The third kappa shape index (κ3) is 5.02. The summed E-state index contributed by atoms with van der Waals surface area (Å²) in [4.78, 5) is 64.1. The molecule has 0 N–H and O–H groups in total. The van der Waals surface area contributed by atoms with Gasteiger partial charge in [-0.1, -0.05) is 11.6 Å². The fraction of sp³-hybridized carbons (Fsp3) is 0.0435. The van der Waals surface area contributed by atoms with E-state index in [-0.39, 0.29) is 36.9 Å². The monoisotopic (exact) mass is 775 g/mol. The van der Waals surface area contributed by atoms with Crippen molar-refractivity contribution in [2.45, 2.75) is 0 Å². The van der Waals surface area contributed by atoms with Crippen LogP contribution in [0.25, 0.3) is 0 Å². The van der Waals surface area contributed by atoms with Crippen LogP contribution in [-0.4, -0.2) is 45.0 Å². The number of halogens is 5. The number of non-ortho nitro benzene ring substituents is 1. The molecule has 0 saturated heterocycles. The Morgan fingerprint density at radius 2 is 1.27 bits per heavy atom. The number of ketones is 1. The van der Waals surface area contributed by atoms with E-state index in [1.165, 1.54) is 36.4 Å². The van der Waals surface area contributed by atoms with Gasteiger partial charge in [-0.25, -0.2) is 5.01 Å². The predicted molar refractivity (Wildman–Crippen MR) is 148 cm³/mol. The van der Waals surface area contributed by atoms with Crippen LogP contribution in [-0.2, 0) is 0 Å². The van der Waals surface area contributed by atoms with E-state index in [0.717, 1.165) is 17.1 Å². The summed E-state index contributed by atoms with van der Waals surface area (Å²) in [5, 5.41) is 12.7. The number of benzene rings is 3. The molecule has 3 amide bonds. The maximum Gasteiger partial charge on any atom is 0.282 e. The number of amides is 3. The first-order valence-electron chi connectivity index (χ1n) is 10.0. The molecule has 4 rings (SSSR count). The number of nitrogens with zero attached hydrogens (tertiary/aromatic N) is 3. The first-order chi connectivity index (χ1) is 17.4. The van der Waals surface area contributed by atoms with Crippen molar-refractivity contribution in [2.75, 3.05) is 6.54 Å². The van der Waals surface area contributed by atoms with E-state index >= 15 is 0 Å². The summed E-state index contributed by atoms with van der Waals surface area (Å²) in [5.74, 6) is -3.14. The van der Waals surface area contributed by atoms with Gasteiger partial charge in [0.2, 0.25) is 0 Å². The molecule has 0 spiro atoms. The van der Waals surface area contributed by atoms with Gasteiger partial charge in [0.25, 0.3) is 23.4 Å². The number of carbonyl (C=O) groups is 4. The van der Waals surface area contributed by atoms with Gasteiger partial charge >= 0.3 is 0 Å². The zero-order chi connectivity index (χ0) is 27.2. The van der Waals surface area contributed by atoms with E-state index < -0.39 is 35.0 Å². The van der Waals surface area contributed by atoms with Gasteiger partial charge in [0.15, 0.2) is 5.78 Å². The Balaban J connectivity index is 1.79. The van der Waals surface area contributed by atoms with Crippen LogP contribution in [0, 0.1) is 10.1 Å². The molecule has 1 aliphatic rings. The summed E-state index contributed by atoms with van der Waals surface area (Å²) in [7, 11) is 0. The number of hydrogen-bond donors (Lipinski definition) is 0. The van der Waals surface area contributed by atoms with Gasteiger partial charge in [-0.05, 0) is 100 Å². The fourth-order valence-electron chi connectivity index (χ4n) is 3.53. The summed E-state index contributed by atoms with van der Waals surface area (Å²) < 4.78 is 1.47. The topological polar surface area (TPSA) is 118 Å². The lowest BCUT2D eigenvalue weighted by atomic mass is 10.1. The largest absolute Gasteiger partial charge is 0.292 e. The first kappa shape index (κ1) is 27.6. The summed E-state index contributed by atoms with van der Waals surface area (Å²) in [6, 6.07) is 10.4. The lowest BCUT2D eigenvalue weighted by Crippen LogP contribution is -2.51. The molecule has 0 saturated carbocycles. The molecule has 0 aliphatic carbocycles. The van der Waals surface area contributed by atoms with E-state index in [0.29, 0.717) is 19.0 Å². The highest BCUT2D eigenvalue weighted by Gasteiger charge is 2.46. The molecule has 0 bridgehead atoms. The summed E-state index contributed by atoms with van der Waals surface area (Å²) >= 11 is 19.3. The maximum absolute atomic E-state index is 13.6. The molecule has 0 fully saturated rings. The van der Waals surface area contributed by atoms with E-state index in [9.17, 15) is 29.3 Å². The molecular weight excluding hydrogens is 769 g/mol. The number of Topliss-reactive ketones (excluding diaryl/α,β-unsaturated/α-hetero) is 1. The van der Waals surface area contributed by atoms with Gasteiger partial charge in [0.05, 0.1) is 16.1 Å². The summed E-state index contributed by atoms with van der Waals surface area (Å²) in [5.41, 5.74) is -0.133. The van der Waals surface area contributed by atoms with Gasteiger partial charge in [-0.15, -0.1) is 0 Å². The number of fused-ring (bicyclic) bond motifs is 1. The molecule has 0 atom stereocenters. The van der Waals surface area contributed by atoms with Gasteiger partial charge in [-0.2, -0.15) is 5.01 Å². The molecule has 0 aromatic heterocycles. The highest BCUT2D eigenvalue weighted by Crippen LogP contribution is 2.45. The predicted octanol–water partition coefficient (Wildman–Crippen LogP) is 6.83. The van der Waals surface area contributed by atoms with Gasteiger partial charge in [-0.3, -0.25) is 29.3 Å². The highest BCUT2D eigenvalue weighted by atomic mass is 79.9. The Morgan fingerprint density at radius 1 is 0.811 bits per heavy atom. The number of hydrogen-bond acceptors (Lipinski definition) is 6. The standard InChI is InChI=1S/C23H10Br4ClN3O6/c24-17-15-16(18(25)20(27)19(17)26)23(35)30(22(15)34)29(21(33)11-1-5-12(28)6-2-11)9-14(32)10-3-7-13(8-4-10)31(36)37/h1-8H,9H2. The first-order valence-corrected chi connectivity index (χ1v) is 13.6. The Morgan fingerprint density at radius 3 is 1.73 bits per heavy atom. The number of imide groups is 1. The smallest absolute Gasteiger partial charge is 0.282 e. The average Bonchev–Trinajstić information content (AvgIpc) is 3.14. The van der Waals surface area contributed by atoms with Gasteiger partial charge in [0, 0.05) is 46.2 Å². The van der Waals surface area contributed by atoms with Crippen LogP contribution in [0.2, 0.25) is 5.02 Å². The Kier molecular flexibility index (Phi) is 8.00. The van der Waals surface area contributed by atoms with Crippen LogP contribution < -0.4 is 0 Å². The van der Waals surface area contributed by atoms with E-state index in [4.69, 9.17) is 11.6 Å². The zero-order valence-electron chi connectivity index (χ0n) is 18.0. The van der Waals surface area contributed by atoms with Crippen LogP contribution in [0.4, 0.5) is 5.69 Å². The normalized spacial score (nSPS) is 12.5. The molecule has 0 radical (unpaired) electrons. The molecule has 9 nitrogen and oxygen atoms in total. The van der Waals surface area contributed by atoms with Crippen molar-refractivity contribution in [1.82, 2.24) is 10.0 Å². The van der Waals surface area contributed by atoms with Crippen LogP contribution in [0.15, 0.2) is 66.4 Å². The van der Waals surface area contributed by atoms with Crippen molar-refractivity contribution >= 4 is 105 Å². The van der Waals surface area contributed by atoms with Crippen LogP contribution in [0.5, 0.6) is 0 Å². The lowest BCUT2D eigenvalue weighted by molar-refractivity contribution is -0.384. The van der Waals surface area contributed by atoms with E-state index in [2.05, 4.69) is 63.7 Å². The average molecular weight is 779 g/mol. The summed E-state index contributed by atoms with van der Waals surface area (Å²) in [6.45, 7) is -0.706. The minimum absolute atomic E-state index is 0.0105. The Labute approximate surface area is 247 Å². The molecule has 3 aromatic carbocycles. The number of hydrazine groups is 1. The van der Waals surface area contributed by atoms with Crippen molar-refractivity contribution in [2.24, 2.45) is 0 Å². The SMILES string of the molecule is O=C(CN(C(=O)c1ccc(Cl)cc1)N1C(=O)c2c(Br)c(Br)c(Br)c(Br)c2C1=O)c1ccc([N+](=O)[O-])cc1. The minimum atomic E-state index is -0.834. The quantitative estimate of drug-likeness (QED) is 0.0676. The lowest BCUT2D eigenvalue weighted by Gasteiger charge is -2.29. The van der Waals surface area contributed by atoms with Crippen LogP contribution in [0.3, 0.4) is 0 Å². The van der Waals surface area contributed by atoms with Crippen LogP contribution in [0.1, 0.15) is 41.4 Å². The van der Waals surface area contributed by atoms with Crippen molar-refractivity contribution in [1.29, 1.82) is 0 Å². The van der Waals surface area contributed by atoms with Crippen LogP contribution >= 0.6 is 75.3 Å². The van der Waals surface area contributed by atoms with E-state index in [1.807, 2.05) is 0 Å². The maximum atomic E-state index is 13.6. The number of carbonyl (C=O) groups excluding carboxylic acids is 4. The molecular formula is C23H10Br4ClN3O6. The highest BCUT2D eigenvalue weighted by molar-refractivity contribution is 9.15. The number of rotatable bonds is 6. The third-order valence-electron chi connectivity index (χ3n) is 5.34. The van der Waals surface area contributed by atoms with Crippen molar-refractivity contribution in [3.63, 3.8) is 0 Å². The summed E-state index contributed by atoms with van der Waals surface area (Å²) in [6.07, 6.45) is 0. The molecule has 188 valence electrons. The molecule has 1 aliphatic heterocycles. The Hall–Kier alpha value is -2.45. The molecule has 0 unspecified atom stereocenters. The molecule has 1 heterocycles. The van der Waals surface area contributed by atoms with Crippen molar-refractivity contribution in [3.8, 4) is 0 Å². The molecule has 3 aromatic rings. The number of nitro benzene ring substituents is 1. The third-order valence-corrected chi connectivity index (χ3v) is 10.4. The fourth-order valence-corrected chi connectivity index (χ4v) is 6.11. The van der Waals surface area contributed by atoms with Gasteiger partial charge < -0.3 is 0 Å². The minimum Gasteiger partial charge on any atom is -0.292 e.